The van der Waals surface area contributed by atoms with Crippen molar-refractivity contribution < 1.29 is 9.53 Å². The molecular weight excluding hydrogens is 302 g/mol. The highest BCUT2D eigenvalue weighted by molar-refractivity contribution is 5.76. The number of morpholine rings is 1. The maximum atomic E-state index is 12.3. The van der Waals surface area contributed by atoms with Gasteiger partial charge < -0.3 is 10.1 Å². The van der Waals surface area contributed by atoms with Crippen molar-refractivity contribution in [3.8, 4) is 0 Å². The quantitative estimate of drug-likeness (QED) is 0.868. The van der Waals surface area contributed by atoms with Crippen LogP contribution in [-0.4, -0.2) is 54.2 Å². The second kappa shape index (κ2) is 8.58. The van der Waals surface area contributed by atoms with Gasteiger partial charge in [-0.05, 0) is 37.0 Å². The molecule has 1 saturated heterocycles. The summed E-state index contributed by atoms with van der Waals surface area (Å²) in [4.78, 5) is 18.9. The van der Waals surface area contributed by atoms with Gasteiger partial charge in [0, 0.05) is 44.0 Å². The number of hydrogen-bond donors (Lipinski definition) is 1. The fourth-order valence-electron chi connectivity index (χ4n) is 4.01. The van der Waals surface area contributed by atoms with Gasteiger partial charge in [0.25, 0.3) is 0 Å². The zero-order valence-corrected chi connectivity index (χ0v) is 14.5. The highest BCUT2D eigenvalue weighted by Crippen LogP contribution is 2.33. The molecule has 1 aromatic rings. The van der Waals surface area contributed by atoms with E-state index in [-0.39, 0.29) is 11.4 Å². The number of amides is 1. The van der Waals surface area contributed by atoms with Crippen LogP contribution in [-0.2, 0) is 16.0 Å². The van der Waals surface area contributed by atoms with Crippen LogP contribution < -0.4 is 5.32 Å². The topological polar surface area (TPSA) is 54.5 Å². The average Bonchev–Trinajstić information content (AvgIpc) is 2.67. The highest BCUT2D eigenvalue weighted by Gasteiger charge is 2.38. The number of nitrogens with zero attached hydrogens (tertiary/aromatic N) is 2. The summed E-state index contributed by atoms with van der Waals surface area (Å²) in [6, 6.07) is 3.95. The molecule has 0 atom stereocenters. The summed E-state index contributed by atoms with van der Waals surface area (Å²) in [5, 5.41) is 3.22. The number of carbonyl (C=O) groups excluding carboxylic acids is 1. The largest absolute Gasteiger partial charge is 0.379 e. The van der Waals surface area contributed by atoms with Crippen LogP contribution >= 0.6 is 0 Å². The van der Waals surface area contributed by atoms with Gasteiger partial charge in [-0.1, -0.05) is 19.3 Å². The first-order valence-corrected chi connectivity index (χ1v) is 9.27. The van der Waals surface area contributed by atoms with E-state index in [4.69, 9.17) is 4.74 Å². The van der Waals surface area contributed by atoms with E-state index in [2.05, 4.69) is 15.2 Å². The summed E-state index contributed by atoms with van der Waals surface area (Å²) in [7, 11) is 0. The normalized spacial score (nSPS) is 21.3. The van der Waals surface area contributed by atoms with E-state index in [1.807, 2.05) is 12.1 Å². The third-order valence-electron chi connectivity index (χ3n) is 5.47. The van der Waals surface area contributed by atoms with Gasteiger partial charge in [-0.3, -0.25) is 14.7 Å². The van der Waals surface area contributed by atoms with Crippen LogP contribution in [0, 0.1) is 0 Å². The first kappa shape index (κ1) is 17.4. The molecule has 0 bridgehead atoms. The van der Waals surface area contributed by atoms with Gasteiger partial charge in [-0.2, -0.15) is 0 Å². The van der Waals surface area contributed by atoms with Crippen molar-refractivity contribution in [3.05, 3.63) is 30.1 Å². The number of pyridine rings is 1. The molecule has 0 aromatic carbocycles. The highest BCUT2D eigenvalue weighted by atomic mass is 16.5. The number of ether oxygens (including phenoxy) is 1. The van der Waals surface area contributed by atoms with Crippen molar-refractivity contribution in [1.82, 2.24) is 15.2 Å². The number of rotatable bonds is 6. The van der Waals surface area contributed by atoms with Crippen LogP contribution in [0.25, 0.3) is 0 Å². The number of nitrogens with one attached hydrogen (secondary N) is 1. The van der Waals surface area contributed by atoms with Crippen LogP contribution in [0.2, 0.25) is 0 Å². The summed E-state index contributed by atoms with van der Waals surface area (Å²) in [5.41, 5.74) is 1.31. The minimum absolute atomic E-state index is 0.147. The maximum absolute atomic E-state index is 12.3. The maximum Gasteiger partial charge on any atom is 0.220 e. The van der Waals surface area contributed by atoms with Crippen molar-refractivity contribution in [2.45, 2.75) is 50.5 Å². The van der Waals surface area contributed by atoms with Crippen LogP contribution in [0.4, 0.5) is 0 Å². The molecule has 1 aliphatic heterocycles. The lowest BCUT2D eigenvalue weighted by Gasteiger charge is -2.48. The predicted molar refractivity (Wildman–Crippen MR) is 93.8 cm³/mol. The smallest absolute Gasteiger partial charge is 0.220 e. The fourth-order valence-corrected chi connectivity index (χ4v) is 4.01. The van der Waals surface area contributed by atoms with E-state index in [9.17, 15) is 4.79 Å². The molecule has 1 amide bonds. The standard InChI is InChI=1S/C19H29N3O2/c23-18(5-4-17-6-10-20-11-7-17)21-16-19(8-2-1-3-9-19)22-12-14-24-15-13-22/h6-7,10-11H,1-5,8-9,12-16H2,(H,21,23). The molecule has 5 nitrogen and oxygen atoms in total. The SMILES string of the molecule is O=C(CCc1ccncc1)NCC1(N2CCOCC2)CCCCC1. The Bertz CT molecular complexity index is 509. The van der Waals surface area contributed by atoms with E-state index in [1.54, 1.807) is 12.4 Å². The molecule has 3 rings (SSSR count). The molecule has 1 N–H and O–H groups in total. The Hall–Kier alpha value is -1.46. The predicted octanol–water partition coefficient (Wildman–Crippen LogP) is 2.17. The third kappa shape index (κ3) is 4.54. The van der Waals surface area contributed by atoms with Crippen molar-refractivity contribution in [2.24, 2.45) is 0 Å². The van der Waals surface area contributed by atoms with Gasteiger partial charge in [-0.25, -0.2) is 0 Å². The van der Waals surface area contributed by atoms with E-state index in [1.165, 1.54) is 37.7 Å². The Labute approximate surface area is 144 Å². The molecule has 5 heteroatoms. The molecule has 2 fully saturated rings. The van der Waals surface area contributed by atoms with Crippen LogP contribution in [0.1, 0.15) is 44.1 Å². The number of carbonyl (C=O) groups is 1. The fraction of sp³-hybridized carbons (Fsp3) is 0.684. The first-order chi connectivity index (χ1) is 11.8. The van der Waals surface area contributed by atoms with Crippen LogP contribution in [0.15, 0.2) is 24.5 Å². The summed E-state index contributed by atoms with van der Waals surface area (Å²) >= 11 is 0. The van der Waals surface area contributed by atoms with E-state index in [0.717, 1.165) is 39.3 Å². The van der Waals surface area contributed by atoms with Gasteiger partial charge in [-0.15, -0.1) is 0 Å². The first-order valence-electron chi connectivity index (χ1n) is 9.27. The lowest BCUT2D eigenvalue weighted by molar-refractivity contribution is -0.122. The Kier molecular flexibility index (Phi) is 6.21. The minimum Gasteiger partial charge on any atom is -0.379 e. The second-order valence-corrected chi connectivity index (χ2v) is 7.02. The molecule has 0 spiro atoms. The summed E-state index contributed by atoms with van der Waals surface area (Å²) in [6.45, 7) is 4.40. The van der Waals surface area contributed by atoms with Gasteiger partial charge in [0.05, 0.1) is 13.2 Å². The summed E-state index contributed by atoms with van der Waals surface area (Å²) < 4.78 is 5.51. The third-order valence-corrected chi connectivity index (χ3v) is 5.47. The number of aryl methyl sites for hydroxylation is 1. The lowest BCUT2D eigenvalue weighted by atomic mass is 9.79. The summed E-state index contributed by atoms with van der Waals surface area (Å²) in [6.07, 6.45) is 11.1. The summed E-state index contributed by atoms with van der Waals surface area (Å²) in [5.74, 6) is 0.157. The van der Waals surface area contributed by atoms with Gasteiger partial charge in [0.2, 0.25) is 5.91 Å². The Morgan fingerprint density at radius 2 is 1.88 bits per heavy atom. The van der Waals surface area contributed by atoms with E-state index >= 15 is 0 Å². The molecule has 1 saturated carbocycles. The number of aromatic nitrogens is 1. The van der Waals surface area contributed by atoms with Gasteiger partial charge in [0.1, 0.15) is 0 Å². The monoisotopic (exact) mass is 331 g/mol. The Morgan fingerprint density at radius 3 is 2.58 bits per heavy atom. The van der Waals surface area contributed by atoms with Crippen LogP contribution in [0.3, 0.4) is 0 Å². The lowest BCUT2D eigenvalue weighted by Crippen LogP contribution is -2.59. The molecule has 1 aliphatic carbocycles. The zero-order valence-electron chi connectivity index (χ0n) is 14.5. The second-order valence-electron chi connectivity index (χ2n) is 7.02. The molecular formula is C19H29N3O2. The van der Waals surface area contributed by atoms with Crippen molar-refractivity contribution >= 4 is 5.91 Å². The Balaban J connectivity index is 1.52. The van der Waals surface area contributed by atoms with Crippen molar-refractivity contribution in [1.29, 1.82) is 0 Å². The van der Waals surface area contributed by atoms with Gasteiger partial charge >= 0.3 is 0 Å². The van der Waals surface area contributed by atoms with Crippen molar-refractivity contribution in [2.75, 3.05) is 32.8 Å². The average molecular weight is 331 g/mol. The van der Waals surface area contributed by atoms with Gasteiger partial charge in [0.15, 0.2) is 0 Å². The van der Waals surface area contributed by atoms with Crippen molar-refractivity contribution in [3.63, 3.8) is 0 Å². The molecule has 0 radical (unpaired) electrons. The number of hydrogen-bond acceptors (Lipinski definition) is 4. The molecule has 2 aliphatic rings. The van der Waals surface area contributed by atoms with Crippen LogP contribution in [0.5, 0.6) is 0 Å². The molecule has 2 heterocycles. The molecule has 24 heavy (non-hydrogen) atoms. The molecule has 132 valence electrons. The Morgan fingerprint density at radius 1 is 1.17 bits per heavy atom. The molecule has 0 unspecified atom stereocenters. The zero-order chi connectivity index (χ0) is 16.7. The molecule has 1 aromatic heterocycles. The van der Waals surface area contributed by atoms with E-state index < -0.39 is 0 Å². The van der Waals surface area contributed by atoms with E-state index in [0.29, 0.717) is 6.42 Å². The minimum atomic E-state index is 0.147.